The Kier molecular flexibility index (Phi) is 4.48. The number of piperidine rings is 1. The first kappa shape index (κ1) is 13.9. The maximum atomic E-state index is 3.72. The fourth-order valence-corrected chi connectivity index (χ4v) is 4.81. The van der Waals surface area contributed by atoms with Gasteiger partial charge in [-0.2, -0.15) is 0 Å². The summed E-state index contributed by atoms with van der Waals surface area (Å²) in [4.78, 5) is 2.83. The highest BCUT2D eigenvalue weighted by molar-refractivity contribution is 4.94. The molecule has 1 saturated heterocycles. The average molecular weight is 264 g/mol. The predicted octanol–water partition coefficient (Wildman–Crippen LogP) is 3.56. The van der Waals surface area contributed by atoms with Gasteiger partial charge in [-0.3, -0.25) is 0 Å². The molecule has 0 aromatic carbocycles. The van der Waals surface area contributed by atoms with Crippen LogP contribution in [0, 0.1) is 5.41 Å². The van der Waals surface area contributed by atoms with Crippen LogP contribution >= 0.6 is 0 Å². The number of hydrogen-bond acceptors (Lipinski definition) is 2. The molecule has 2 unspecified atom stereocenters. The van der Waals surface area contributed by atoms with Gasteiger partial charge >= 0.3 is 0 Å². The largest absolute Gasteiger partial charge is 0.314 e. The fourth-order valence-electron chi connectivity index (χ4n) is 4.81. The summed E-state index contributed by atoms with van der Waals surface area (Å²) in [5, 5.41) is 3.72. The van der Waals surface area contributed by atoms with Gasteiger partial charge in [-0.05, 0) is 76.4 Å². The van der Waals surface area contributed by atoms with E-state index in [2.05, 4.69) is 17.1 Å². The molecule has 0 radical (unpaired) electrons. The van der Waals surface area contributed by atoms with Crippen LogP contribution in [0.5, 0.6) is 0 Å². The Morgan fingerprint density at radius 1 is 1.05 bits per heavy atom. The van der Waals surface area contributed by atoms with Crippen LogP contribution in [0.4, 0.5) is 0 Å². The maximum absolute atomic E-state index is 3.72. The standard InChI is InChI=1S/C17H32N2/c1-2-11-18-15-5-6-16(14-15)19-12-9-17(10-13-19)7-3-4-8-17/h15-16,18H,2-14H2,1H3. The molecule has 0 bridgehead atoms. The van der Waals surface area contributed by atoms with E-state index in [1.807, 2.05) is 0 Å². The first-order valence-corrected chi connectivity index (χ1v) is 8.79. The molecule has 0 aromatic rings. The highest BCUT2D eigenvalue weighted by Crippen LogP contribution is 2.46. The summed E-state index contributed by atoms with van der Waals surface area (Å²) in [6.45, 7) is 6.27. The second-order valence-electron chi connectivity index (χ2n) is 7.36. The van der Waals surface area contributed by atoms with E-state index >= 15 is 0 Å². The van der Waals surface area contributed by atoms with Crippen LogP contribution in [-0.4, -0.2) is 36.6 Å². The summed E-state index contributed by atoms with van der Waals surface area (Å²) in [5.74, 6) is 0. The third kappa shape index (κ3) is 3.16. The van der Waals surface area contributed by atoms with Crippen molar-refractivity contribution in [2.24, 2.45) is 5.41 Å². The van der Waals surface area contributed by atoms with E-state index in [1.165, 1.54) is 83.8 Å². The number of likely N-dealkylation sites (tertiary alicyclic amines) is 1. The molecule has 1 spiro atoms. The van der Waals surface area contributed by atoms with E-state index in [1.54, 1.807) is 0 Å². The number of rotatable bonds is 4. The zero-order chi connectivity index (χ0) is 13.1. The molecule has 1 heterocycles. The zero-order valence-electron chi connectivity index (χ0n) is 12.8. The fraction of sp³-hybridized carbons (Fsp3) is 1.00. The minimum Gasteiger partial charge on any atom is -0.314 e. The Morgan fingerprint density at radius 2 is 1.79 bits per heavy atom. The monoisotopic (exact) mass is 264 g/mol. The van der Waals surface area contributed by atoms with Gasteiger partial charge < -0.3 is 10.2 Å². The summed E-state index contributed by atoms with van der Waals surface area (Å²) in [6.07, 6.45) is 14.6. The summed E-state index contributed by atoms with van der Waals surface area (Å²) in [6, 6.07) is 1.71. The summed E-state index contributed by atoms with van der Waals surface area (Å²) in [5.41, 5.74) is 0.787. The summed E-state index contributed by atoms with van der Waals surface area (Å²) in [7, 11) is 0. The van der Waals surface area contributed by atoms with Crippen molar-refractivity contribution in [3.63, 3.8) is 0 Å². The molecule has 2 aliphatic carbocycles. The second kappa shape index (κ2) is 6.13. The van der Waals surface area contributed by atoms with Gasteiger partial charge in [0.25, 0.3) is 0 Å². The van der Waals surface area contributed by atoms with E-state index in [0.29, 0.717) is 0 Å². The number of nitrogens with zero attached hydrogens (tertiary/aromatic N) is 1. The van der Waals surface area contributed by atoms with Crippen LogP contribution in [0.1, 0.15) is 71.1 Å². The topological polar surface area (TPSA) is 15.3 Å². The molecule has 3 aliphatic rings. The molecule has 2 nitrogen and oxygen atoms in total. The van der Waals surface area contributed by atoms with Gasteiger partial charge in [0.15, 0.2) is 0 Å². The Bertz CT molecular complexity index is 273. The lowest BCUT2D eigenvalue weighted by molar-refractivity contribution is 0.0769. The Morgan fingerprint density at radius 3 is 2.47 bits per heavy atom. The third-order valence-corrected chi connectivity index (χ3v) is 6.13. The smallest absolute Gasteiger partial charge is 0.0111 e. The minimum absolute atomic E-state index is 0.787. The van der Waals surface area contributed by atoms with Crippen molar-refractivity contribution in [3.8, 4) is 0 Å². The molecule has 110 valence electrons. The SMILES string of the molecule is CCCNC1CCC(N2CCC3(CCCC3)CC2)C1. The quantitative estimate of drug-likeness (QED) is 0.835. The predicted molar refractivity (Wildman–Crippen MR) is 81.4 cm³/mol. The number of hydrogen-bond donors (Lipinski definition) is 1. The summed E-state index contributed by atoms with van der Waals surface area (Å²) >= 11 is 0. The molecule has 2 heteroatoms. The van der Waals surface area contributed by atoms with Gasteiger partial charge in [0.2, 0.25) is 0 Å². The highest BCUT2D eigenvalue weighted by Gasteiger charge is 2.39. The van der Waals surface area contributed by atoms with Crippen molar-refractivity contribution in [1.29, 1.82) is 0 Å². The van der Waals surface area contributed by atoms with E-state index < -0.39 is 0 Å². The van der Waals surface area contributed by atoms with Crippen LogP contribution in [0.2, 0.25) is 0 Å². The maximum Gasteiger partial charge on any atom is 0.0111 e. The van der Waals surface area contributed by atoms with Crippen LogP contribution in [0.15, 0.2) is 0 Å². The van der Waals surface area contributed by atoms with Gasteiger partial charge in [0.05, 0.1) is 0 Å². The van der Waals surface area contributed by atoms with E-state index in [-0.39, 0.29) is 0 Å². The van der Waals surface area contributed by atoms with Crippen molar-refractivity contribution in [2.45, 2.75) is 83.2 Å². The van der Waals surface area contributed by atoms with Crippen molar-refractivity contribution in [2.75, 3.05) is 19.6 Å². The molecule has 2 saturated carbocycles. The lowest BCUT2D eigenvalue weighted by atomic mass is 9.77. The Balaban J connectivity index is 1.44. The van der Waals surface area contributed by atoms with Gasteiger partial charge in [0.1, 0.15) is 0 Å². The van der Waals surface area contributed by atoms with Gasteiger partial charge in [-0.15, -0.1) is 0 Å². The summed E-state index contributed by atoms with van der Waals surface area (Å²) < 4.78 is 0. The van der Waals surface area contributed by atoms with Gasteiger partial charge in [-0.1, -0.05) is 19.8 Å². The normalized spacial score (nSPS) is 35.2. The first-order chi connectivity index (χ1) is 9.31. The molecule has 3 fully saturated rings. The van der Waals surface area contributed by atoms with E-state index in [9.17, 15) is 0 Å². The van der Waals surface area contributed by atoms with Gasteiger partial charge in [0, 0.05) is 12.1 Å². The van der Waals surface area contributed by atoms with Crippen LogP contribution in [0.25, 0.3) is 0 Å². The molecule has 0 aromatic heterocycles. The number of nitrogens with one attached hydrogen (secondary N) is 1. The van der Waals surface area contributed by atoms with Crippen LogP contribution < -0.4 is 5.32 Å². The molecule has 1 aliphatic heterocycles. The van der Waals surface area contributed by atoms with E-state index in [4.69, 9.17) is 0 Å². The molecule has 1 N–H and O–H groups in total. The minimum atomic E-state index is 0.787. The molecular weight excluding hydrogens is 232 g/mol. The zero-order valence-corrected chi connectivity index (χ0v) is 12.8. The van der Waals surface area contributed by atoms with Crippen molar-refractivity contribution < 1.29 is 0 Å². The van der Waals surface area contributed by atoms with Gasteiger partial charge in [-0.25, -0.2) is 0 Å². The second-order valence-corrected chi connectivity index (χ2v) is 7.36. The van der Waals surface area contributed by atoms with Crippen LogP contribution in [-0.2, 0) is 0 Å². The van der Waals surface area contributed by atoms with Crippen molar-refractivity contribution in [1.82, 2.24) is 10.2 Å². The lowest BCUT2D eigenvalue weighted by Crippen LogP contribution is -2.44. The molecule has 19 heavy (non-hydrogen) atoms. The lowest BCUT2D eigenvalue weighted by Gasteiger charge is -2.42. The van der Waals surface area contributed by atoms with Crippen molar-refractivity contribution >= 4 is 0 Å². The first-order valence-electron chi connectivity index (χ1n) is 8.79. The molecular formula is C17H32N2. The highest BCUT2D eigenvalue weighted by atomic mass is 15.2. The van der Waals surface area contributed by atoms with Crippen LogP contribution in [0.3, 0.4) is 0 Å². The third-order valence-electron chi connectivity index (χ3n) is 6.13. The molecule has 0 amide bonds. The Hall–Kier alpha value is -0.0800. The molecule has 2 atom stereocenters. The average Bonchev–Trinajstić information content (AvgIpc) is 3.08. The van der Waals surface area contributed by atoms with E-state index in [0.717, 1.165) is 17.5 Å². The van der Waals surface area contributed by atoms with Crippen molar-refractivity contribution in [3.05, 3.63) is 0 Å². The molecule has 3 rings (SSSR count). The Labute approximate surface area is 119 Å².